The van der Waals surface area contributed by atoms with Crippen LogP contribution >= 0.6 is 23.2 Å². The van der Waals surface area contributed by atoms with Crippen LogP contribution < -0.4 is 10.6 Å². The monoisotopic (exact) mass is 290 g/mol. The number of nitrogens with two attached hydrogens (primary N) is 1. The minimum atomic E-state index is -0.460. The van der Waals surface area contributed by atoms with Crippen molar-refractivity contribution >= 4 is 28.9 Å². The molecule has 0 aliphatic carbocycles. The van der Waals surface area contributed by atoms with Crippen molar-refractivity contribution in [1.29, 1.82) is 0 Å². The molecule has 4 nitrogen and oxygen atoms in total. The van der Waals surface area contributed by atoms with Gasteiger partial charge in [0.1, 0.15) is 0 Å². The van der Waals surface area contributed by atoms with E-state index in [1.807, 2.05) is 0 Å². The zero-order chi connectivity index (χ0) is 13.1. The molecule has 1 saturated heterocycles. The van der Waals surface area contributed by atoms with E-state index in [0.29, 0.717) is 23.3 Å². The van der Waals surface area contributed by atoms with E-state index < -0.39 is 6.04 Å². The molecule has 0 bridgehead atoms. The lowest BCUT2D eigenvalue weighted by molar-refractivity contribution is 0.122. The third-order valence-electron chi connectivity index (χ3n) is 2.99. The summed E-state index contributed by atoms with van der Waals surface area (Å²) in [5.74, 6) is 0. The maximum Gasteiger partial charge on any atom is 0.0746 e. The van der Waals surface area contributed by atoms with E-state index >= 15 is 0 Å². The van der Waals surface area contributed by atoms with E-state index in [-0.39, 0.29) is 6.61 Å². The molecule has 0 saturated carbocycles. The predicted molar refractivity (Wildman–Crippen MR) is 73.5 cm³/mol. The Hall–Kier alpha value is -0.520. The second-order valence-electron chi connectivity index (χ2n) is 4.22. The van der Waals surface area contributed by atoms with Crippen molar-refractivity contribution in [1.82, 2.24) is 0 Å². The van der Waals surface area contributed by atoms with Crippen molar-refractivity contribution in [2.75, 3.05) is 37.8 Å². The first-order chi connectivity index (χ1) is 8.63. The summed E-state index contributed by atoms with van der Waals surface area (Å²) in [6, 6.07) is 3.07. The molecular weight excluding hydrogens is 275 g/mol. The standard InChI is InChI=1S/C12H16Cl2N2O2/c13-9-5-8(11(15)7-17)6-10(14)12(9)16-1-3-18-4-2-16/h5-6,11,17H,1-4,7,15H2/t11-/m0/s1. The molecule has 6 heteroatoms. The Bertz CT molecular complexity index is 400. The van der Waals surface area contributed by atoms with Crippen LogP contribution in [0.2, 0.25) is 10.0 Å². The number of halogens is 2. The summed E-state index contributed by atoms with van der Waals surface area (Å²) in [5, 5.41) is 10.2. The highest BCUT2D eigenvalue weighted by molar-refractivity contribution is 6.39. The average Bonchev–Trinajstić information content (AvgIpc) is 2.38. The van der Waals surface area contributed by atoms with Gasteiger partial charge in [0.25, 0.3) is 0 Å². The molecule has 100 valence electrons. The second-order valence-corrected chi connectivity index (χ2v) is 5.04. The molecule has 2 rings (SSSR count). The van der Waals surface area contributed by atoms with Gasteiger partial charge in [-0.15, -0.1) is 0 Å². The van der Waals surface area contributed by atoms with Crippen molar-refractivity contribution in [3.63, 3.8) is 0 Å². The van der Waals surface area contributed by atoms with E-state index in [9.17, 15) is 0 Å². The Morgan fingerprint density at radius 2 is 1.83 bits per heavy atom. The van der Waals surface area contributed by atoms with E-state index in [2.05, 4.69) is 4.90 Å². The molecule has 0 amide bonds. The largest absolute Gasteiger partial charge is 0.394 e. The van der Waals surface area contributed by atoms with Crippen LogP contribution in [0.25, 0.3) is 0 Å². The van der Waals surface area contributed by atoms with Crippen molar-refractivity contribution in [2.45, 2.75) is 6.04 Å². The Labute approximate surface area is 116 Å². The smallest absolute Gasteiger partial charge is 0.0746 e. The van der Waals surface area contributed by atoms with E-state index in [0.717, 1.165) is 24.3 Å². The third-order valence-corrected chi connectivity index (χ3v) is 3.57. The third kappa shape index (κ3) is 2.90. The number of nitrogens with zero attached hydrogens (tertiary/aromatic N) is 1. The van der Waals surface area contributed by atoms with Crippen LogP contribution in [0.15, 0.2) is 12.1 Å². The van der Waals surface area contributed by atoms with Gasteiger partial charge in [-0.25, -0.2) is 0 Å². The molecule has 0 radical (unpaired) electrons. The van der Waals surface area contributed by atoms with Crippen molar-refractivity contribution < 1.29 is 9.84 Å². The van der Waals surface area contributed by atoms with Gasteiger partial charge in [0.2, 0.25) is 0 Å². The van der Waals surface area contributed by atoms with Gasteiger partial charge in [0.05, 0.1) is 41.6 Å². The van der Waals surface area contributed by atoms with Gasteiger partial charge in [-0.2, -0.15) is 0 Å². The van der Waals surface area contributed by atoms with E-state index in [4.69, 9.17) is 38.8 Å². The molecular formula is C12H16Cl2N2O2. The number of morpholine rings is 1. The summed E-state index contributed by atoms with van der Waals surface area (Å²) in [6.45, 7) is 2.74. The summed E-state index contributed by atoms with van der Waals surface area (Å²) in [6.07, 6.45) is 0. The van der Waals surface area contributed by atoms with Gasteiger partial charge in [0, 0.05) is 13.1 Å². The predicted octanol–water partition coefficient (Wildman–Crippen LogP) is 1.82. The van der Waals surface area contributed by atoms with Crippen LogP contribution in [0, 0.1) is 0 Å². The molecule has 1 aliphatic rings. The van der Waals surface area contributed by atoms with Gasteiger partial charge in [-0.05, 0) is 17.7 Å². The molecule has 3 N–H and O–H groups in total. The zero-order valence-corrected chi connectivity index (χ0v) is 11.4. The van der Waals surface area contributed by atoms with Crippen molar-refractivity contribution in [3.05, 3.63) is 27.7 Å². The maximum atomic E-state index is 9.05. The minimum absolute atomic E-state index is 0.135. The highest BCUT2D eigenvalue weighted by atomic mass is 35.5. The highest BCUT2D eigenvalue weighted by Crippen LogP contribution is 2.36. The molecule has 1 heterocycles. The number of rotatable bonds is 3. The fourth-order valence-corrected chi connectivity index (χ4v) is 2.74. The summed E-state index contributed by atoms with van der Waals surface area (Å²) in [7, 11) is 0. The first-order valence-corrected chi connectivity index (χ1v) is 6.57. The lowest BCUT2D eigenvalue weighted by atomic mass is 10.1. The SMILES string of the molecule is N[C@@H](CO)c1cc(Cl)c(N2CCOCC2)c(Cl)c1. The van der Waals surface area contributed by atoms with Crippen molar-refractivity contribution in [2.24, 2.45) is 5.73 Å². The van der Waals surface area contributed by atoms with E-state index in [1.54, 1.807) is 12.1 Å². The van der Waals surface area contributed by atoms with Crippen LogP contribution in [0.4, 0.5) is 5.69 Å². The summed E-state index contributed by atoms with van der Waals surface area (Å²) in [4.78, 5) is 2.10. The molecule has 1 aromatic carbocycles. The van der Waals surface area contributed by atoms with Crippen molar-refractivity contribution in [3.8, 4) is 0 Å². The summed E-state index contributed by atoms with van der Waals surface area (Å²) >= 11 is 12.5. The number of anilines is 1. The van der Waals surface area contributed by atoms with Crippen LogP contribution in [0.1, 0.15) is 11.6 Å². The van der Waals surface area contributed by atoms with Gasteiger partial charge >= 0.3 is 0 Å². The molecule has 0 unspecified atom stereocenters. The second kappa shape index (κ2) is 6.08. The molecule has 1 aromatic rings. The number of hydrogen-bond donors (Lipinski definition) is 2. The lowest BCUT2D eigenvalue weighted by Crippen LogP contribution is -2.36. The van der Waals surface area contributed by atoms with Crippen LogP contribution in [-0.4, -0.2) is 38.0 Å². The number of aliphatic hydroxyl groups is 1. The Balaban J connectivity index is 2.31. The topological polar surface area (TPSA) is 58.7 Å². The fraction of sp³-hybridized carbons (Fsp3) is 0.500. The first-order valence-electron chi connectivity index (χ1n) is 5.81. The quantitative estimate of drug-likeness (QED) is 0.892. The normalized spacial score (nSPS) is 17.9. The Kier molecular flexibility index (Phi) is 4.70. The van der Waals surface area contributed by atoms with Gasteiger partial charge in [-0.3, -0.25) is 0 Å². The number of benzene rings is 1. The molecule has 0 aromatic heterocycles. The molecule has 1 atom stereocenters. The van der Waals surface area contributed by atoms with Crippen LogP contribution in [0.3, 0.4) is 0 Å². The number of hydrogen-bond acceptors (Lipinski definition) is 4. The van der Waals surface area contributed by atoms with E-state index in [1.165, 1.54) is 0 Å². The Morgan fingerprint density at radius 3 is 2.33 bits per heavy atom. The Morgan fingerprint density at radius 1 is 1.28 bits per heavy atom. The van der Waals surface area contributed by atoms with Gasteiger partial charge < -0.3 is 20.5 Å². The summed E-state index contributed by atoms with van der Waals surface area (Å²) < 4.78 is 5.30. The van der Waals surface area contributed by atoms with Crippen LogP contribution in [-0.2, 0) is 4.74 Å². The number of aliphatic hydroxyl groups excluding tert-OH is 1. The molecule has 18 heavy (non-hydrogen) atoms. The first kappa shape index (κ1) is 13.9. The molecule has 1 aliphatic heterocycles. The zero-order valence-electron chi connectivity index (χ0n) is 9.90. The fourth-order valence-electron chi connectivity index (χ4n) is 1.99. The molecule has 1 fully saturated rings. The van der Waals surface area contributed by atoms with Crippen LogP contribution in [0.5, 0.6) is 0 Å². The maximum absolute atomic E-state index is 9.05. The highest BCUT2D eigenvalue weighted by Gasteiger charge is 2.19. The number of ether oxygens (including phenoxy) is 1. The average molecular weight is 291 g/mol. The summed E-state index contributed by atoms with van der Waals surface area (Å²) in [5.41, 5.74) is 7.32. The van der Waals surface area contributed by atoms with Gasteiger partial charge in [0.15, 0.2) is 0 Å². The molecule has 0 spiro atoms. The minimum Gasteiger partial charge on any atom is -0.394 e. The lowest BCUT2D eigenvalue weighted by Gasteiger charge is -2.30. The van der Waals surface area contributed by atoms with Gasteiger partial charge in [-0.1, -0.05) is 23.2 Å².